The van der Waals surface area contributed by atoms with Crippen LogP contribution in [0, 0.1) is 0 Å². The predicted octanol–water partition coefficient (Wildman–Crippen LogP) is 1.44. The molecule has 88 valence electrons. The van der Waals surface area contributed by atoms with Gasteiger partial charge in [0.2, 0.25) is 0 Å². The fourth-order valence-electron chi connectivity index (χ4n) is 0.667. The summed E-state index contributed by atoms with van der Waals surface area (Å²) in [6.45, 7) is 1.00. The van der Waals surface area contributed by atoms with E-state index in [0.29, 0.717) is 6.42 Å². The molecular weight excluding hydrogens is 217 g/mol. The van der Waals surface area contributed by atoms with Gasteiger partial charge in [-0.1, -0.05) is 0 Å². The molecule has 0 N–H and O–H groups in total. The zero-order valence-electron chi connectivity index (χ0n) is 8.10. The van der Waals surface area contributed by atoms with E-state index in [-0.39, 0.29) is 19.6 Å². The molecule has 0 heterocycles. The van der Waals surface area contributed by atoms with Gasteiger partial charge in [0.15, 0.2) is 0 Å². The number of hydrogen-bond acceptors (Lipinski definition) is 4. The molecule has 0 bridgehead atoms. The zero-order valence-corrected chi connectivity index (χ0v) is 8.10. The molecule has 0 aliphatic carbocycles. The molecule has 0 rings (SSSR count). The summed E-state index contributed by atoms with van der Waals surface area (Å²) in [6.07, 6.45) is -4.38. The summed E-state index contributed by atoms with van der Waals surface area (Å²) in [6, 6.07) is 0. The van der Waals surface area contributed by atoms with Gasteiger partial charge in [-0.05, 0) is 12.8 Å². The van der Waals surface area contributed by atoms with Crippen molar-refractivity contribution in [1.82, 2.24) is 0 Å². The van der Waals surface area contributed by atoms with Crippen LogP contribution in [0.5, 0.6) is 0 Å². The number of alkyl halides is 3. The molecule has 15 heavy (non-hydrogen) atoms. The average molecular weight is 228 g/mol. The normalized spacial score (nSPS) is 10.9. The number of unbranched alkanes of at least 4 members (excludes halogenated alkanes) is 1. The Bertz CT molecular complexity index is 224. The summed E-state index contributed by atoms with van der Waals surface area (Å²) in [7, 11) is 0. The third kappa shape index (κ3) is 7.77. The highest BCUT2D eigenvalue weighted by Gasteiger charge is 2.40. The Kier molecular flexibility index (Phi) is 5.73. The first-order valence-electron chi connectivity index (χ1n) is 4.21. The number of carbonyl (C=O) groups excluding carboxylic acids is 2. The Labute approximate surface area is 84.3 Å². The second kappa shape index (κ2) is 6.26. The van der Waals surface area contributed by atoms with Crippen molar-refractivity contribution < 1.29 is 32.2 Å². The average Bonchev–Trinajstić information content (AvgIpc) is 2.08. The van der Waals surface area contributed by atoms with Gasteiger partial charge in [0.25, 0.3) is 0 Å². The standard InChI is InChI=1S/C8H11F3O4/c1-6(12)14-4-2-3-5-15-7(13)8(9,10)11/h2-5H2,1H3. The molecule has 0 atom stereocenters. The van der Waals surface area contributed by atoms with Crippen molar-refractivity contribution >= 4 is 11.9 Å². The number of ether oxygens (including phenoxy) is 2. The Balaban J connectivity index is 3.40. The van der Waals surface area contributed by atoms with E-state index in [2.05, 4.69) is 9.47 Å². The molecule has 0 fully saturated rings. The fourth-order valence-corrected chi connectivity index (χ4v) is 0.667. The molecule has 0 radical (unpaired) electrons. The van der Waals surface area contributed by atoms with Gasteiger partial charge in [-0.15, -0.1) is 0 Å². The molecule has 0 amide bonds. The summed E-state index contributed by atoms with van der Waals surface area (Å²) in [5, 5.41) is 0. The van der Waals surface area contributed by atoms with E-state index in [1.807, 2.05) is 0 Å². The van der Waals surface area contributed by atoms with Gasteiger partial charge in [-0.3, -0.25) is 4.79 Å². The third-order valence-corrected chi connectivity index (χ3v) is 1.31. The molecule has 0 saturated heterocycles. The third-order valence-electron chi connectivity index (χ3n) is 1.31. The van der Waals surface area contributed by atoms with Gasteiger partial charge in [-0.2, -0.15) is 13.2 Å². The van der Waals surface area contributed by atoms with Crippen LogP contribution < -0.4 is 0 Å². The molecule has 0 aliphatic rings. The summed E-state index contributed by atoms with van der Waals surface area (Å²) in [5.41, 5.74) is 0. The van der Waals surface area contributed by atoms with E-state index >= 15 is 0 Å². The van der Waals surface area contributed by atoms with Crippen LogP contribution in [0.4, 0.5) is 13.2 Å². The Morgan fingerprint density at radius 1 is 1.07 bits per heavy atom. The van der Waals surface area contributed by atoms with Crippen LogP contribution in [0.3, 0.4) is 0 Å². The highest BCUT2D eigenvalue weighted by atomic mass is 19.4. The highest BCUT2D eigenvalue weighted by Crippen LogP contribution is 2.16. The van der Waals surface area contributed by atoms with Crippen molar-refractivity contribution in [2.75, 3.05) is 13.2 Å². The second-order valence-corrected chi connectivity index (χ2v) is 2.68. The van der Waals surface area contributed by atoms with E-state index < -0.39 is 18.1 Å². The summed E-state index contributed by atoms with van der Waals surface area (Å²) >= 11 is 0. The van der Waals surface area contributed by atoms with Crippen LogP contribution in [-0.4, -0.2) is 31.3 Å². The molecule has 0 spiro atoms. The predicted molar refractivity (Wildman–Crippen MR) is 42.9 cm³/mol. The van der Waals surface area contributed by atoms with Gasteiger partial charge < -0.3 is 9.47 Å². The number of hydrogen-bond donors (Lipinski definition) is 0. The van der Waals surface area contributed by atoms with Crippen LogP contribution in [0.1, 0.15) is 19.8 Å². The first-order chi connectivity index (χ1) is 6.84. The van der Waals surface area contributed by atoms with Crippen molar-refractivity contribution in [3.8, 4) is 0 Å². The van der Waals surface area contributed by atoms with E-state index in [1.165, 1.54) is 6.92 Å². The largest absolute Gasteiger partial charge is 0.490 e. The van der Waals surface area contributed by atoms with Crippen molar-refractivity contribution in [3.05, 3.63) is 0 Å². The summed E-state index contributed by atoms with van der Waals surface area (Å²) < 4.78 is 43.2. The van der Waals surface area contributed by atoms with Crippen molar-refractivity contribution in [3.63, 3.8) is 0 Å². The first kappa shape index (κ1) is 13.7. The van der Waals surface area contributed by atoms with E-state index in [0.717, 1.165) is 0 Å². The van der Waals surface area contributed by atoms with Crippen LogP contribution in [0.15, 0.2) is 0 Å². The summed E-state index contributed by atoms with van der Waals surface area (Å²) in [4.78, 5) is 20.4. The molecular formula is C8H11F3O4. The minimum Gasteiger partial charge on any atom is -0.466 e. The van der Waals surface area contributed by atoms with Crippen molar-refractivity contribution in [2.24, 2.45) is 0 Å². The van der Waals surface area contributed by atoms with Gasteiger partial charge in [-0.25, -0.2) is 4.79 Å². The monoisotopic (exact) mass is 228 g/mol. The van der Waals surface area contributed by atoms with E-state index in [9.17, 15) is 22.8 Å². The SMILES string of the molecule is CC(=O)OCCCCOC(=O)C(F)(F)F. The minimum atomic E-state index is -4.95. The minimum absolute atomic E-state index is 0.110. The lowest BCUT2D eigenvalue weighted by atomic mass is 10.3. The Morgan fingerprint density at radius 3 is 1.93 bits per heavy atom. The topological polar surface area (TPSA) is 52.6 Å². The number of halogens is 3. The van der Waals surface area contributed by atoms with Crippen LogP contribution in [0.2, 0.25) is 0 Å². The maximum Gasteiger partial charge on any atom is 0.490 e. The maximum atomic E-state index is 11.6. The zero-order chi connectivity index (χ0) is 11.9. The molecule has 0 aromatic rings. The Morgan fingerprint density at radius 2 is 1.53 bits per heavy atom. The molecule has 0 aromatic carbocycles. The lowest BCUT2D eigenvalue weighted by Crippen LogP contribution is -2.25. The van der Waals surface area contributed by atoms with Gasteiger partial charge >= 0.3 is 18.1 Å². The van der Waals surface area contributed by atoms with Crippen LogP contribution >= 0.6 is 0 Å². The van der Waals surface area contributed by atoms with Crippen molar-refractivity contribution in [2.45, 2.75) is 25.9 Å². The lowest BCUT2D eigenvalue weighted by molar-refractivity contribution is -0.199. The highest BCUT2D eigenvalue weighted by molar-refractivity contribution is 5.75. The first-order valence-corrected chi connectivity index (χ1v) is 4.21. The smallest absolute Gasteiger partial charge is 0.466 e. The lowest BCUT2D eigenvalue weighted by Gasteiger charge is -2.06. The fraction of sp³-hybridized carbons (Fsp3) is 0.750. The number of rotatable bonds is 5. The van der Waals surface area contributed by atoms with Gasteiger partial charge in [0.05, 0.1) is 13.2 Å². The van der Waals surface area contributed by atoms with Crippen LogP contribution in [0.25, 0.3) is 0 Å². The summed E-state index contributed by atoms with van der Waals surface area (Å²) in [5.74, 6) is -2.66. The second-order valence-electron chi connectivity index (χ2n) is 2.68. The van der Waals surface area contributed by atoms with E-state index in [4.69, 9.17) is 0 Å². The molecule has 7 heteroatoms. The Hall–Kier alpha value is -1.27. The number of carbonyl (C=O) groups is 2. The quantitative estimate of drug-likeness (QED) is 0.527. The number of esters is 2. The van der Waals surface area contributed by atoms with E-state index in [1.54, 1.807) is 0 Å². The van der Waals surface area contributed by atoms with Crippen molar-refractivity contribution in [1.29, 1.82) is 0 Å². The molecule has 0 unspecified atom stereocenters. The van der Waals surface area contributed by atoms with Gasteiger partial charge in [0.1, 0.15) is 0 Å². The molecule has 0 saturated carbocycles. The van der Waals surface area contributed by atoms with Gasteiger partial charge in [0, 0.05) is 6.92 Å². The molecule has 4 nitrogen and oxygen atoms in total. The van der Waals surface area contributed by atoms with Crippen LogP contribution in [-0.2, 0) is 19.1 Å². The maximum absolute atomic E-state index is 11.6. The molecule has 0 aliphatic heterocycles. The molecule has 0 aromatic heterocycles.